The van der Waals surface area contributed by atoms with Crippen molar-refractivity contribution in [3.05, 3.63) is 35.4 Å². The number of carbonyl (C=O) groups is 1. The smallest absolute Gasteiger partial charge is 0.222 e. The highest BCUT2D eigenvalue weighted by Crippen LogP contribution is 2.27. The Labute approximate surface area is 121 Å². The van der Waals surface area contributed by atoms with E-state index in [2.05, 4.69) is 41.0 Å². The molecule has 0 bridgehead atoms. The fourth-order valence-electron chi connectivity index (χ4n) is 3.07. The van der Waals surface area contributed by atoms with Gasteiger partial charge in [-0.05, 0) is 37.3 Å². The molecule has 1 heterocycles. The number of carbonyl (C=O) groups excluding carboxylic acids is 1. The van der Waals surface area contributed by atoms with Gasteiger partial charge in [0, 0.05) is 38.6 Å². The molecule has 0 unspecified atom stereocenters. The van der Waals surface area contributed by atoms with Gasteiger partial charge in [0.05, 0.1) is 0 Å². The number of aryl methyl sites for hydroxylation is 2. The Morgan fingerprint density at radius 1 is 1.15 bits per heavy atom. The lowest BCUT2D eigenvalue weighted by atomic mass is 10.0. The summed E-state index contributed by atoms with van der Waals surface area (Å²) in [6, 6.07) is 9.19. The van der Waals surface area contributed by atoms with Crippen LogP contribution in [0.3, 0.4) is 0 Å². The third kappa shape index (κ3) is 3.21. The Balaban J connectivity index is 1.46. The molecular weight excluding hydrogens is 248 g/mol. The summed E-state index contributed by atoms with van der Waals surface area (Å²) in [6.45, 7) is 6.10. The predicted octanol–water partition coefficient (Wildman–Crippen LogP) is 2.23. The fraction of sp³-hybridized carbons (Fsp3) is 0.588. The van der Waals surface area contributed by atoms with Crippen LogP contribution < -0.4 is 0 Å². The molecule has 3 rings (SSSR count). The molecule has 1 aliphatic carbocycles. The van der Waals surface area contributed by atoms with Gasteiger partial charge in [-0.1, -0.05) is 24.3 Å². The first-order chi connectivity index (χ1) is 9.74. The maximum atomic E-state index is 12.3. The Hall–Kier alpha value is -1.35. The van der Waals surface area contributed by atoms with Gasteiger partial charge in [0.1, 0.15) is 0 Å². The van der Waals surface area contributed by atoms with Crippen molar-refractivity contribution in [1.82, 2.24) is 9.80 Å². The van der Waals surface area contributed by atoms with Gasteiger partial charge >= 0.3 is 0 Å². The van der Waals surface area contributed by atoms with Crippen molar-refractivity contribution in [1.29, 1.82) is 0 Å². The van der Waals surface area contributed by atoms with Crippen LogP contribution in [-0.2, 0) is 11.2 Å². The Morgan fingerprint density at radius 3 is 2.50 bits per heavy atom. The van der Waals surface area contributed by atoms with Gasteiger partial charge in [0.2, 0.25) is 5.91 Å². The van der Waals surface area contributed by atoms with E-state index < -0.39 is 0 Å². The zero-order valence-electron chi connectivity index (χ0n) is 12.3. The quantitative estimate of drug-likeness (QED) is 0.839. The van der Waals surface area contributed by atoms with Gasteiger partial charge in [0.25, 0.3) is 0 Å². The molecule has 0 atom stereocenters. The summed E-state index contributed by atoms with van der Waals surface area (Å²) in [5.74, 6) is 0.323. The van der Waals surface area contributed by atoms with Crippen LogP contribution in [-0.4, -0.2) is 47.9 Å². The predicted molar refractivity (Wildman–Crippen MR) is 80.7 cm³/mol. The van der Waals surface area contributed by atoms with E-state index in [9.17, 15) is 4.79 Å². The van der Waals surface area contributed by atoms with Crippen LogP contribution in [0.2, 0.25) is 0 Å². The van der Waals surface area contributed by atoms with Crippen LogP contribution >= 0.6 is 0 Å². The first kappa shape index (κ1) is 13.6. The van der Waals surface area contributed by atoms with E-state index >= 15 is 0 Å². The molecule has 108 valence electrons. The number of benzene rings is 1. The lowest BCUT2D eigenvalue weighted by Crippen LogP contribution is -2.49. The summed E-state index contributed by atoms with van der Waals surface area (Å²) in [6.07, 6.45) is 4.24. The summed E-state index contributed by atoms with van der Waals surface area (Å²) in [7, 11) is 0. The van der Waals surface area contributed by atoms with Crippen LogP contribution in [0.5, 0.6) is 0 Å². The minimum Gasteiger partial charge on any atom is -0.340 e. The molecule has 0 N–H and O–H groups in total. The highest BCUT2D eigenvalue weighted by atomic mass is 16.2. The average Bonchev–Trinajstić information content (AvgIpc) is 3.31. The Morgan fingerprint density at radius 2 is 1.85 bits per heavy atom. The summed E-state index contributed by atoms with van der Waals surface area (Å²) < 4.78 is 0. The summed E-state index contributed by atoms with van der Waals surface area (Å²) >= 11 is 0. The third-order valence-corrected chi connectivity index (χ3v) is 4.60. The van der Waals surface area contributed by atoms with Gasteiger partial charge < -0.3 is 4.90 Å². The second-order valence-corrected chi connectivity index (χ2v) is 6.07. The molecule has 2 fully saturated rings. The van der Waals surface area contributed by atoms with Crippen molar-refractivity contribution in [3.63, 3.8) is 0 Å². The Kier molecular flexibility index (Phi) is 4.06. The Bertz CT molecular complexity index is 474. The molecule has 1 amide bonds. The van der Waals surface area contributed by atoms with E-state index in [-0.39, 0.29) is 0 Å². The molecule has 0 aromatic heterocycles. The lowest BCUT2D eigenvalue weighted by molar-refractivity contribution is -0.133. The number of amides is 1. The zero-order chi connectivity index (χ0) is 13.9. The normalized spacial score (nSPS) is 20.1. The molecule has 3 nitrogen and oxygen atoms in total. The van der Waals surface area contributed by atoms with Crippen LogP contribution in [0.1, 0.15) is 30.4 Å². The van der Waals surface area contributed by atoms with Crippen molar-refractivity contribution in [3.8, 4) is 0 Å². The molecule has 0 radical (unpaired) electrons. The topological polar surface area (TPSA) is 23.6 Å². The summed E-state index contributed by atoms with van der Waals surface area (Å²) in [4.78, 5) is 16.9. The third-order valence-electron chi connectivity index (χ3n) is 4.60. The lowest BCUT2D eigenvalue weighted by Gasteiger charge is -2.35. The van der Waals surface area contributed by atoms with E-state index in [4.69, 9.17) is 0 Å². The number of nitrogens with zero attached hydrogens (tertiary/aromatic N) is 2. The molecular formula is C17H24N2O. The standard InChI is InChI=1S/C17H24N2O/c1-14-4-2-3-5-15(14)6-9-17(20)19-12-10-18(11-13-19)16-7-8-16/h2-5,16H,6-13H2,1H3. The molecule has 3 heteroatoms. The van der Waals surface area contributed by atoms with Crippen molar-refractivity contribution in [2.24, 2.45) is 0 Å². The largest absolute Gasteiger partial charge is 0.340 e. The van der Waals surface area contributed by atoms with Crippen LogP contribution in [0.15, 0.2) is 24.3 Å². The SMILES string of the molecule is Cc1ccccc1CCC(=O)N1CCN(C2CC2)CC1. The van der Waals surface area contributed by atoms with Crippen molar-refractivity contribution >= 4 is 5.91 Å². The van der Waals surface area contributed by atoms with E-state index in [0.717, 1.165) is 38.6 Å². The fourth-order valence-corrected chi connectivity index (χ4v) is 3.07. The van der Waals surface area contributed by atoms with Gasteiger partial charge in [-0.3, -0.25) is 9.69 Å². The molecule has 1 aliphatic heterocycles. The minimum atomic E-state index is 0.323. The van der Waals surface area contributed by atoms with E-state index in [0.29, 0.717) is 12.3 Å². The molecule has 1 aromatic rings. The monoisotopic (exact) mass is 272 g/mol. The molecule has 1 saturated heterocycles. The second-order valence-electron chi connectivity index (χ2n) is 6.07. The van der Waals surface area contributed by atoms with Crippen molar-refractivity contribution in [2.75, 3.05) is 26.2 Å². The number of rotatable bonds is 4. The second kappa shape index (κ2) is 5.96. The van der Waals surface area contributed by atoms with Crippen LogP contribution in [0, 0.1) is 6.92 Å². The van der Waals surface area contributed by atoms with Gasteiger partial charge in [-0.15, -0.1) is 0 Å². The van der Waals surface area contributed by atoms with Crippen LogP contribution in [0.25, 0.3) is 0 Å². The number of hydrogen-bond donors (Lipinski definition) is 0. The van der Waals surface area contributed by atoms with Gasteiger partial charge in [-0.2, -0.15) is 0 Å². The minimum absolute atomic E-state index is 0.323. The summed E-state index contributed by atoms with van der Waals surface area (Å²) in [5.41, 5.74) is 2.59. The maximum absolute atomic E-state index is 12.3. The first-order valence-corrected chi connectivity index (χ1v) is 7.80. The zero-order valence-corrected chi connectivity index (χ0v) is 12.3. The number of hydrogen-bond acceptors (Lipinski definition) is 2. The maximum Gasteiger partial charge on any atom is 0.222 e. The van der Waals surface area contributed by atoms with E-state index in [1.807, 2.05) is 0 Å². The summed E-state index contributed by atoms with van der Waals surface area (Å²) in [5, 5.41) is 0. The molecule has 20 heavy (non-hydrogen) atoms. The van der Waals surface area contributed by atoms with Crippen LogP contribution in [0.4, 0.5) is 0 Å². The van der Waals surface area contributed by atoms with E-state index in [1.54, 1.807) is 0 Å². The molecule has 0 spiro atoms. The molecule has 2 aliphatic rings. The molecule has 1 aromatic carbocycles. The van der Waals surface area contributed by atoms with Gasteiger partial charge in [-0.25, -0.2) is 0 Å². The highest BCUT2D eigenvalue weighted by molar-refractivity contribution is 5.76. The van der Waals surface area contributed by atoms with Crippen molar-refractivity contribution < 1.29 is 4.79 Å². The van der Waals surface area contributed by atoms with Crippen molar-refractivity contribution in [2.45, 2.75) is 38.6 Å². The average molecular weight is 272 g/mol. The number of piperazine rings is 1. The highest BCUT2D eigenvalue weighted by Gasteiger charge is 2.32. The van der Waals surface area contributed by atoms with Gasteiger partial charge in [0.15, 0.2) is 0 Å². The first-order valence-electron chi connectivity index (χ1n) is 7.80. The van der Waals surface area contributed by atoms with E-state index in [1.165, 1.54) is 24.0 Å². The molecule has 1 saturated carbocycles.